The largest absolute Gasteiger partial charge is 0.417 e. The van der Waals surface area contributed by atoms with Gasteiger partial charge in [-0.1, -0.05) is 12.1 Å². The maximum absolute atomic E-state index is 13.2. The van der Waals surface area contributed by atoms with Crippen molar-refractivity contribution in [2.24, 2.45) is 0 Å². The molecule has 0 amide bonds. The molecule has 7 nitrogen and oxygen atoms in total. The van der Waals surface area contributed by atoms with Crippen LogP contribution in [-0.4, -0.2) is 25.7 Å². The van der Waals surface area contributed by atoms with Crippen LogP contribution in [0, 0.1) is 0 Å². The number of oxazole rings is 1. The van der Waals surface area contributed by atoms with E-state index in [4.69, 9.17) is 4.42 Å². The number of nitrogens with zero attached hydrogens (tertiary/aromatic N) is 1. The number of Topliss-reactive ketones (excluding diaryl/α,β-unsaturated/α-hetero) is 1. The summed E-state index contributed by atoms with van der Waals surface area (Å²) < 4.78 is 32.7. The van der Waals surface area contributed by atoms with Crippen molar-refractivity contribution >= 4 is 32.6 Å². The Morgan fingerprint density at radius 1 is 1.19 bits per heavy atom. The molecule has 134 valence electrons. The van der Waals surface area contributed by atoms with Crippen molar-refractivity contribution in [2.45, 2.75) is 24.7 Å². The van der Waals surface area contributed by atoms with Gasteiger partial charge in [-0.3, -0.25) is 14.1 Å². The molecule has 1 aliphatic heterocycles. The molecule has 3 aromatic rings. The Labute approximate surface area is 149 Å². The summed E-state index contributed by atoms with van der Waals surface area (Å²) >= 11 is 0. The second-order valence-electron chi connectivity index (χ2n) is 6.25. The summed E-state index contributed by atoms with van der Waals surface area (Å²) in [6, 6.07) is 9.44. The predicted octanol–water partition coefficient (Wildman–Crippen LogP) is 2.47. The Balaban J connectivity index is 1.84. The molecule has 26 heavy (non-hydrogen) atoms. The van der Waals surface area contributed by atoms with Crippen LogP contribution in [0.4, 0.5) is 5.69 Å². The fraction of sp³-hybridized carbons (Fsp3) is 0.222. The number of aromatic amines is 1. The van der Waals surface area contributed by atoms with E-state index in [9.17, 15) is 18.0 Å². The number of H-pyrrole nitrogens is 1. The number of carbonyl (C=O) groups is 1. The van der Waals surface area contributed by atoms with Gasteiger partial charge in [-0.25, -0.2) is 13.2 Å². The topological polar surface area (TPSA) is 100 Å². The highest BCUT2D eigenvalue weighted by molar-refractivity contribution is 7.92. The van der Waals surface area contributed by atoms with Crippen molar-refractivity contribution in [3.8, 4) is 0 Å². The minimum atomic E-state index is -3.85. The SMILES string of the molecule is CC(=O)c1ccc2c(c1)N(S(=O)(=O)c1ccc3[nH]c(=O)oc3c1)CCC2. The van der Waals surface area contributed by atoms with E-state index in [-0.39, 0.29) is 16.3 Å². The van der Waals surface area contributed by atoms with E-state index in [1.165, 1.54) is 29.4 Å². The highest BCUT2D eigenvalue weighted by atomic mass is 32.2. The van der Waals surface area contributed by atoms with Gasteiger partial charge in [0.25, 0.3) is 10.0 Å². The first kappa shape index (κ1) is 16.6. The number of benzene rings is 2. The Bertz CT molecular complexity index is 1190. The summed E-state index contributed by atoms with van der Waals surface area (Å²) in [5.41, 5.74) is 2.51. The second kappa shape index (κ2) is 5.84. The lowest BCUT2D eigenvalue weighted by molar-refractivity contribution is 0.101. The van der Waals surface area contributed by atoms with E-state index in [1.807, 2.05) is 6.07 Å². The lowest BCUT2D eigenvalue weighted by atomic mass is 10.00. The van der Waals surface area contributed by atoms with Crippen molar-refractivity contribution < 1.29 is 17.6 Å². The monoisotopic (exact) mass is 372 g/mol. The molecule has 8 heteroatoms. The molecule has 0 saturated heterocycles. The van der Waals surface area contributed by atoms with Gasteiger partial charge in [-0.15, -0.1) is 0 Å². The number of ketones is 1. The maximum Gasteiger partial charge on any atom is 0.417 e. The van der Waals surface area contributed by atoms with Crippen LogP contribution in [0.1, 0.15) is 29.3 Å². The third kappa shape index (κ3) is 2.62. The van der Waals surface area contributed by atoms with Crippen molar-refractivity contribution in [1.82, 2.24) is 4.98 Å². The Morgan fingerprint density at radius 2 is 2.00 bits per heavy atom. The van der Waals surface area contributed by atoms with Gasteiger partial charge in [0.05, 0.1) is 16.1 Å². The number of hydrogen-bond acceptors (Lipinski definition) is 5. The van der Waals surface area contributed by atoms with E-state index >= 15 is 0 Å². The standard InChI is InChI=1S/C18H16N2O5S/c1-11(21)13-5-4-12-3-2-8-20(16(12)9-13)26(23,24)14-6-7-15-17(10-14)25-18(22)19-15/h4-7,9-10H,2-3,8H2,1H3,(H,19,22). The molecule has 0 radical (unpaired) electrons. The first-order valence-electron chi connectivity index (χ1n) is 8.16. The minimum absolute atomic E-state index is 0.0360. The van der Waals surface area contributed by atoms with Crippen molar-refractivity contribution in [2.75, 3.05) is 10.8 Å². The van der Waals surface area contributed by atoms with E-state index < -0.39 is 15.8 Å². The fourth-order valence-electron chi connectivity index (χ4n) is 3.22. The quantitative estimate of drug-likeness (QED) is 0.712. The summed E-state index contributed by atoms with van der Waals surface area (Å²) in [5.74, 6) is -0.754. The minimum Gasteiger partial charge on any atom is -0.408 e. The first-order chi connectivity index (χ1) is 12.4. The van der Waals surface area contributed by atoms with Gasteiger partial charge in [0, 0.05) is 18.2 Å². The molecule has 0 fully saturated rings. The zero-order valence-electron chi connectivity index (χ0n) is 14.0. The molecule has 0 atom stereocenters. The Morgan fingerprint density at radius 3 is 2.77 bits per heavy atom. The normalized spacial score (nSPS) is 14.4. The molecule has 0 bridgehead atoms. The van der Waals surface area contributed by atoms with E-state index in [0.717, 1.165) is 12.0 Å². The summed E-state index contributed by atoms with van der Waals surface area (Å²) in [4.78, 5) is 25.5. The number of aryl methyl sites for hydroxylation is 1. The van der Waals surface area contributed by atoms with Crippen molar-refractivity contribution in [1.29, 1.82) is 0 Å². The van der Waals surface area contributed by atoms with E-state index in [2.05, 4.69) is 4.98 Å². The van der Waals surface area contributed by atoms with Crippen molar-refractivity contribution in [3.63, 3.8) is 0 Å². The van der Waals surface area contributed by atoms with Gasteiger partial charge in [0.15, 0.2) is 11.4 Å². The molecule has 0 unspecified atom stereocenters. The lowest BCUT2D eigenvalue weighted by Crippen LogP contribution is -2.35. The Kier molecular flexibility index (Phi) is 3.73. The molecule has 1 aliphatic rings. The highest BCUT2D eigenvalue weighted by Crippen LogP contribution is 2.33. The average Bonchev–Trinajstić information content (AvgIpc) is 2.99. The van der Waals surface area contributed by atoms with Crippen LogP contribution in [0.3, 0.4) is 0 Å². The second-order valence-corrected chi connectivity index (χ2v) is 8.12. The zero-order chi connectivity index (χ0) is 18.5. The fourth-order valence-corrected chi connectivity index (χ4v) is 4.77. The van der Waals surface area contributed by atoms with Gasteiger partial charge in [-0.2, -0.15) is 0 Å². The van der Waals surface area contributed by atoms with Gasteiger partial charge < -0.3 is 4.42 Å². The number of hydrogen-bond donors (Lipinski definition) is 1. The number of rotatable bonds is 3. The molecule has 2 heterocycles. The number of anilines is 1. The van der Waals surface area contributed by atoms with Crippen LogP contribution in [0.2, 0.25) is 0 Å². The summed E-state index contributed by atoms with van der Waals surface area (Å²) in [5, 5.41) is 0. The van der Waals surface area contributed by atoms with Gasteiger partial charge in [0.2, 0.25) is 0 Å². The molecule has 0 aliphatic carbocycles. The first-order valence-corrected chi connectivity index (χ1v) is 9.60. The van der Waals surface area contributed by atoms with E-state index in [0.29, 0.717) is 29.7 Å². The molecule has 2 aromatic carbocycles. The number of sulfonamides is 1. The van der Waals surface area contributed by atoms with Gasteiger partial charge in [0.1, 0.15) is 0 Å². The van der Waals surface area contributed by atoms with Crippen LogP contribution in [-0.2, 0) is 16.4 Å². The van der Waals surface area contributed by atoms with Crippen LogP contribution in [0.5, 0.6) is 0 Å². The zero-order valence-corrected chi connectivity index (χ0v) is 14.8. The smallest absolute Gasteiger partial charge is 0.408 e. The van der Waals surface area contributed by atoms with Crippen LogP contribution >= 0.6 is 0 Å². The molecule has 4 rings (SSSR count). The van der Waals surface area contributed by atoms with Crippen LogP contribution in [0.25, 0.3) is 11.1 Å². The van der Waals surface area contributed by atoms with Crippen LogP contribution in [0.15, 0.2) is 50.5 Å². The van der Waals surface area contributed by atoms with E-state index in [1.54, 1.807) is 12.1 Å². The lowest BCUT2D eigenvalue weighted by Gasteiger charge is -2.30. The summed E-state index contributed by atoms with van der Waals surface area (Å²) in [6.07, 6.45) is 1.44. The molecule has 0 saturated carbocycles. The maximum atomic E-state index is 13.2. The van der Waals surface area contributed by atoms with Crippen molar-refractivity contribution in [3.05, 3.63) is 58.1 Å². The number of carbonyl (C=O) groups excluding carboxylic acids is 1. The third-order valence-electron chi connectivity index (χ3n) is 4.55. The Hall–Kier alpha value is -2.87. The summed E-state index contributed by atoms with van der Waals surface area (Å²) in [7, 11) is -3.85. The molecule has 1 aromatic heterocycles. The molecule has 1 N–H and O–H groups in total. The molecule has 0 spiro atoms. The molecular weight excluding hydrogens is 356 g/mol. The number of nitrogens with one attached hydrogen (secondary N) is 1. The van der Waals surface area contributed by atoms with Gasteiger partial charge >= 0.3 is 5.76 Å². The predicted molar refractivity (Wildman–Crippen MR) is 96.1 cm³/mol. The average molecular weight is 372 g/mol. The number of aromatic nitrogens is 1. The van der Waals surface area contributed by atoms with Crippen LogP contribution < -0.4 is 10.1 Å². The number of fused-ring (bicyclic) bond motifs is 2. The highest BCUT2D eigenvalue weighted by Gasteiger charge is 2.30. The van der Waals surface area contributed by atoms with Gasteiger partial charge in [-0.05, 0) is 43.5 Å². The molecular formula is C18H16N2O5S. The third-order valence-corrected chi connectivity index (χ3v) is 6.36. The summed E-state index contributed by atoms with van der Waals surface area (Å²) in [6.45, 7) is 1.77.